The third-order valence-electron chi connectivity index (χ3n) is 4.11. The van der Waals surface area contributed by atoms with E-state index in [4.69, 9.17) is 9.47 Å². The van der Waals surface area contributed by atoms with Crippen molar-refractivity contribution in [2.75, 3.05) is 13.7 Å². The van der Waals surface area contributed by atoms with Crippen LogP contribution in [-0.2, 0) is 11.3 Å². The lowest BCUT2D eigenvalue weighted by molar-refractivity contribution is -0.274. The molecule has 0 fully saturated rings. The van der Waals surface area contributed by atoms with Gasteiger partial charge in [-0.15, -0.1) is 13.2 Å². The molecule has 0 aliphatic carbocycles. The highest BCUT2D eigenvalue weighted by molar-refractivity contribution is 5.87. The Morgan fingerprint density at radius 2 is 1.77 bits per heavy atom. The van der Waals surface area contributed by atoms with Crippen molar-refractivity contribution in [2.24, 2.45) is 0 Å². The predicted octanol–water partition coefficient (Wildman–Crippen LogP) is 4.15. The minimum atomic E-state index is -4.74. The Balaban J connectivity index is 1.58. The third kappa shape index (κ3) is 5.76. The molecule has 9 heteroatoms. The summed E-state index contributed by atoms with van der Waals surface area (Å²) in [4.78, 5) is 16.6. The number of fused-ring (bicyclic) bond motifs is 1. The Hall–Kier alpha value is -3.49. The normalized spacial score (nSPS) is 11.2. The fourth-order valence-corrected chi connectivity index (χ4v) is 2.75. The van der Waals surface area contributed by atoms with E-state index in [1.165, 1.54) is 24.3 Å². The molecule has 6 nitrogen and oxygen atoms in total. The molecule has 0 radical (unpaired) electrons. The smallest absolute Gasteiger partial charge is 0.497 e. The van der Waals surface area contributed by atoms with E-state index in [9.17, 15) is 18.0 Å². The fourth-order valence-electron chi connectivity index (χ4n) is 2.75. The van der Waals surface area contributed by atoms with E-state index in [-0.39, 0.29) is 24.8 Å². The Morgan fingerprint density at radius 1 is 1.07 bits per heavy atom. The monoisotopic (exact) mass is 420 g/mol. The molecule has 158 valence electrons. The van der Waals surface area contributed by atoms with Gasteiger partial charge in [-0.05, 0) is 42.8 Å². The Kier molecular flexibility index (Phi) is 6.29. The number of carbonyl (C=O) groups is 1. The molecule has 0 aliphatic rings. The van der Waals surface area contributed by atoms with Gasteiger partial charge in [0.2, 0.25) is 0 Å². The van der Waals surface area contributed by atoms with E-state index >= 15 is 0 Å². The largest absolute Gasteiger partial charge is 0.573 e. The average molecular weight is 420 g/mol. The molecule has 0 saturated carbocycles. The summed E-state index contributed by atoms with van der Waals surface area (Å²) in [6.07, 6.45) is -4.74. The average Bonchev–Trinajstić information content (AvgIpc) is 2.70. The van der Waals surface area contributed by atoms with Crippen molar-refractivity contribution in [3.63, 3.8) is 0 Å². The molecule has 0 atom stereocenters. The number of carbonyl (C=O) groups excluding carboxylic acids is 1. The first-order valence-electron chi connectivity index (χ1n) is 8.93. The first kappa shape index (κ1) is 21.2. The van der Waals surface area contributed by atoms with Crippen LogP contribution in [0, 0.1) is 6.92 Å². The van der Waals surface area contributed by atoms with E-state index in [1.54, 1.807) is 31.4 Å². The molecule has 0 spiro atoms. The predicted molar refractivity (Wildman–Crippen MR) is 103 cm³/mol. The zero-order valence-electron chi connectivity index (χ0n) is 16.2. The SMILES string of the molecule is COc1ccc2nc(C)cc(OCC(=O)NCc3ccc(OC(F)(F)F)cc3)c2c1. The summed E-state index contributed by atoms with van der Waals surface area (Å²) < 4.78 is 51.2. The molecular weight excluding hydrogens is 401 g/mol. The topological polar surface area (TPSA) is 69.7 Å². The maximum Gasteiger partial charge on any atom is 0.573 e. The van der Waals surface area contributed by atoms with Crippen LogP contribution in [-0.4, -0.2) is 31.0 Å². The standard InChI is InChI=1S/C21H19F3N2O4/c1-13-9-19(17-10-16(28-2)7-8-18(17)26-13)29-12-20(27)25-11-14-3-5-15(6-4-14)30-21(22,23)24/h3-10H,11-12H2,1-2H3,(H,25,27). The number of amides is 1. The molecule has 3 rings (SSSR count). The summed E-state index contributed by atoms with van der Waals surface area (Å²) in [5, 5.41) is 3.37. The van der Waals surface area contributed by atoms with Crippen molar-refractivity contribution in [3.05, 3.63) is 59.8 Å². The van der Waals surface area contributed by atoms with Gasteiger partial charge in [0.1, 0.15) is 17.2 Å². The highest BCUT2D eigenvalue weighted by Gasteiger charge is 2.30. The first-order valence-corrected chi connectivity index (χ1v) is 8.93. The molecule has 0 aliphatic heterocycles. The van der Waals surface area contributed by atoms with Gasteiger partial charge in [0.15, 0.2) is 6.61 Å². The number of rotatable bonds is 7. The van der Waals surface area contributed by atoms with Crippen LogP contribution in [0.3, 0.4) is 0 Å². The number of halogens is 3. The third-order valence-corrected chi connectivity index (χ3v) is 4.11. The van der Waals surface area contributed by atoms with Crippen molar-refractivity contribution in [1.29, 1.82) is 0 Å². The summed E-state index contributed by atoms with van der Waals surface area (Å²) in [6.45, 7) is 1.73. The van der Waals surface area contributed by atoms with Crippen LogP contribution in [0.1, 0.15) is 11.3 Å². The number of nitrogens with one attached hydrogen (secondary N) is 1. The second-order valence-corrected chi connectivity index (χ2v) is 6.40. The van der Waals surface area contributed by atoms with Crippen molar-refractivity contribution in [1.82, 2.24) is 10.3 Å². The number of nitrogens with zero attached hydrogens (tertiary/aromatic N) is 1. The van der Waals surface area contributed by atoms with E-state index in [1.807, 2.05) is 6.92 Å². The van der Waals surface area contributed by atoms with Gasteiger partial charge in [0.05, 0.1) is 12.6 Å². The van der Waals surface area contributed by atoms with Gasteiger partial charge < -0.3 is 19.5 Å². The van der Waals surface area contributed by atoms with Crippen molar-refractivity contribution in [3.8, 4) is 17.2 Å². The Morgan fingerprint density at radius 3 is 2.43 bits per heavy atom. The number of alkyl halides is 3. The second kappa shape index (κ2) is 8.89. The van der Waals surface area contributed by atoms with Gasteiger partial charge in [-0.25, -0.2) is 0 Å². The first-order chi connectivity index (χ1) is 14.2. The molecule has 0 unspecified atom stereocenters. The fraction of sp³-hybridized carbons (Fsp3) is 0.238. The van der Waals surface area contributed by atoms with Crippen LogP contribution in [0.15, 0.2) is 48.5 Å². The van der Waals surface area contributed by atoms with Crippen LogP contribution in [0.5, 0.6) is 17.2 Å². The number of methoxy groups -OCH3 is 1. The number of hydrogen-bond donors (Lipinski definition) is 1. The zero-order chi connectivity index (χ0) is 21.7. The number of pyridine rings is 1. The van der Waals surface area contributed by atoms with Crippen LogP contribution in [0.2, 0.25) is 0 Å². The van der Waals surface area contributed by atoms with Gasteiger partial charge >= 0.3 is 6.36 Å². The minimum absolute atomic E-state index is 0.137. The van der Waals surface area contributed by atoms with Crippen LogP contribution < -0.4 is 19.5 Å². The zero-order valence-corrected chi connectivity index (χ0v) is 16.2. The molecule has 3 aromatic rings. The molecule has 1 amide bonds. The quantitative estimate of drug-likeness (QED) is 0.622. The van der Waals surface area contributed by atoms with Crippen molar-refractivity contribution >= 4 is 16.8 Å². The lowest BCUT2D eigenvalue weighted by Crippen LogP contribution is -2.28. The van der Waals surface area contributed by atoms with Gasteiger partial charge in [-0.3, -0.25) is 9.78 Å². The van der Waals surface area contributed by atoms with Crippen LogP contribution in [0.25, 0.3) is 10.9 Å². The summed E-state index contributed by atoms with van der Waals surface area (Å²) in [5.41, 5.74) is 2.07. The van der Waals surface area contributed by atoms with E-state index in [2.05, 4.69) is 15.0 Å². The van der Waals surface area contributed by atoms with Gasteiger partial charge in [0, 0.05) is 23.7 Å². The highest BCUT2D eigenvalue weighted by atomic mass is 19.4. The second-order valence-electron chi connectivity index (χ2n) is 6.40. The number of ether oxygens (including phenoxy) is 3. The molecular formula is C21H19F3N2O4. The van der Waals surface area contributed by atoms with Crippen LogP contribution in [0.4, 0.5) is 13.2 Å². The molecule has 1 aromatic heterocycles. The van der Waals surface area contributed by atoms with E-state index < -0.39 is 6.36 Å². The molecule has 30 heavy (non-hydrogen) atoms. The van der Waals surface area contributed by atoms with E-state index in [0.29, 0.717) is 28.0 Å². The maximum absolute atomic E-state index is 12.2. The lowest BCUT2D eigenvalue weighted by Gasteiger charge is -2.12. The number of aryl methyl sites for hydroxylation is 1. The minimum Gasteiger partial charge on any atom is -0.497 e. The van der Waals surface area contributed by atoms with Gasteiger partial charge in [-0.2, -0.15) is 0 Å². The number of aromatic nitrogens is 1. The van der Waals surface area contributed by atoms with Gasteiger partial charge in [-0.1, -0.05) is 12.1 Å². The van der Waals surface area contributed by atoms with Crippen LogP contribution >= 0.6 is 0 Å². The number of benzene rings is 2. The highest BCUT2D eigenvalue weighted by Crippen LogP contribution is 2.29. The summed E-state index contributed by atoms with van der Waals surface area (Å²) in [6, 6.07) is 12.3. The molecule has 2 aromatic carbocycles. The maximum atomic E-state index is 12.2. The summed E-state index contributed by atoms with van der Waals surface area (Å²) in [7, 11) is 1.55. The Labute approximate surface area is 170 Å². The van der Waals surface area contributed by atoms with Crippen molar-refractivity contribution < 1.29 is 32.2 Å². The molecule has 1 N–H and O–H groups in total. The lowest BCUT2D eigenvalue weighted by atomic mass is 10.1. The van der Waals surface area contributed by atoms with E-state index in [0.717, 1.165) is 5.69 Å². The van der Waals surface area contributed by atoms with Gasteiger partial charge in [0.25, 0.3) is 5.91 Å². The Bertz CT molecular complexity index is 1040. The summed E-state index contributed by atoms with van der Waals surface area (Å²) in [5.74, 6) is 0.438. The number of hydrogen-bond acceptors (Lipinski definition) is 5. The molecule has 1 heterocycles. The summed E-state index contributed by atoms with van der Waals surface area (Å²) >= 11 is 0. The molecule has 0 saturated heterocycles. The van der Waals surface area contributed by atoms with Crippen molar-refractivity contribution in [2.45, 2.75) is 19.8 Å². The molecule has 0 bridgehead atoms.